The van der Waals surface area contributed by atoms with Crippen molar-refractivity contribution >= 4 is 28.8 Å². The second-order valence-electron chi connectivity index (χ2n) is 4.43. The van der Waals surface area contributed by atoms with Gasteiger partial charge in [-0.2, -0.15) is 5.26 Å². The van der Waals surface area contributed by atoms with Crippen molar-refractivity contribution in [3.8, 4) is 6.07 Å². The van der Waals surface area contributed by atoms with Crippen molar-refractivity contribution < 1.29 is 0 Å². The summed E-state index contributed by atoms with van der Waals surface area (Å²) >= 11 is 5.81. The van der Waals surface area contributed by atoms with Gasteiger partial charge in [0.05, 0.1) is 18.0 Å². The molecular weight excluding hydrogens is 284 g/mol. The molecule has 5 heteroatoms. The first kappa shape index (κ1) is 16.8. The molecule has 4 nitrogen and oxygen atoms in total. The molecule has 0 radical (unpaired) electrons. The minimum Gasteiger partial charge on any atom is -0.259 e. The lowest BCUT2D eigenvalue weighted by molar-refractivity contribution is 1.05. The summed E-state index contributed by atoms with van der Waals surface area (Å²) in [6.45, 7) is 5.55. The van der Waals surface area contributed by atoms with Crippen molar-refractivity contribution in [3.63, 3.8) is 0 Å². The van der Waals surface area contributed by atoms with E-state index in [0.717, 1.165) is 17.7 Å². The van der Waals surface area contributed by atoms with Crippen molar-refractivity contribution in [2.75, 3.05) is 0 Å². The number of hydrogen-bond acceptors (Lipinski definition) is 3. The molecule has 0 amide bonds. The topological polar surface area (TPSA) is 61.4 Å². The molecular formula is C16H17ClN4. The Morgan fingerprint density at radius 3 is 2.71 bits per heavy atom. The molecule has 0 atom stereocenters. The van der Waals surface area contributed by atoms with E-state index in [4.69, 9.17) is 16.9 Å². The van der Waals surface area contributed by atoms with Gasteiger partial charge in [-0.1, -0.05) is 11.6 Å². The van der Waals surface area contributed by atoms with Crippen molar-refractivity contribution in [1.82, 2.24) is 4.98 Å². The lowest BCUT2D eigenvalue weighted by Gasteiger charge is -2.01. The Hall–Kier alpha value is -2.25. The van der Waals surface area contributed by atoms with Gasteiger partial charge < -0.3 is 0 Å². The Kier molecular flexibility index (Phi) is 7.06. The molecule has 0 unspecified atom stereocenters. The molecule has 0 spiro atoms. The molecule has 0 saturated carbocycles. The summed E-state index contributed by atoms with van der Waals surface area (Å²) in [6.07, 6.45) is 7.70. The van der Waals surface area contributed by atoms with Gasteiger partial charge in [0.1, 0.15) is 0 Å². The van der Waals surface area contributed by atoms with Crippen LogP contribution >= 0.6 is 11.6 Å². The molecule has 0 bridgehead atoms. The van der Waals surface area contributed by atoms with E-state index in [1.807, 2.05) is 25.1 Å². The van der Waals surface area contributed by atoms with Crippen LogP contribution in [0.3, 0.4) is 0 Å². The third-order valence-electron chi connectivity index (χ3n) is 2.52. The largest absolute Gasteiger partial charge is 0.259 e. The average molecular weight is 301 g/mol. The number of allylic oxidation sites excluding steroid dienone is 4. The van der Waals surface area contributed by atoms with E-state index < -0.39 is 0 Å². The van der Waals surface area contributed by atoms with Gasteiger partial charge in [0.2, 0.25) is 5.29 Å². The van der Waals surface area contributed by atoms with Gasteiger partial charge in [-0.05, 0) is 50.6 Å². The predicted molar refractivity (Wildman–Crippen MR) is 88.2 cm³/mol. The maximum absolute atomic E-state index is 8.69. The second kappa shape index (κ2) is 8.83. The third-order valence-corrected chi connectivity index (χ3v) is 2.70. The Balaban J connectivity index is 2.76. The first-order valence-corrected chi connectivity index (χ1v) is 6.85. The summed E-state index contributed by atoms with van der Waals surface area (Å²) in [5, 5.41) is 8.87. The summed E-state index contributed by atoms with van der Waals surface area (Å²) in [5.41, 5.74) is 3.40. The number of aromatic nitrogens is 1. The maximum atomic E-state index is 8.69. The first-order chi connectivity index (χ1) is 10.0. The van der Waals surface area contributed by atoms with Gasteiger partial charge in [-0.25, -0.2) is 9.98 Å². The lowest BCUT2D eigenvalue weighted by atomic mass is 10.1. The fourth-order valence-corrected chi connectivity index (χ4v) is 1.67. The van der Waals surface area contributed by atoms with E-state index in [2.05, 4.69) is 21.0 Å². The van der Waals surface area contributed by atoms with Crippen LogP contribution in [0, 0.1) is 11.3 Å². The molecule has 1 rings (SSSR count). The zero-order chi connectivity index (χ0) is 15.7. The normalized spacial score (nSPS) is 13.6. The van der Waals surface area contributed by atoms with Crippen LogP contribution in [0.2, 0.25) is 0 Å². The minimum atomic E-state index is 0.181. The third kappa shape index (κ3) is 6.64. The van der Waals surface area contributed by atoms with Crippen LogP contribution in [-0.4, -0.2) is 16.5 Å². The summed E-state index contributed by atoms with van der Waals surface area (Å²) in [5.74, 6) is 0. The number of amidine groups is 1. The summed E-state index contributed by atoms with van der Waals surface area (Å²) < 4.78 is 0. The van der Waals surface area contributed by atoms with Gasteiger partial charge in [0.15, 0.2) is 0 Å². The predicted octanol–water partition coefficient (Wildman–Crippen LogP) is 4.36. The van der Waals surface area contributed by atoms with Crippen molar-refractivity contribution in [1.29, 1.82) is 5.26 Å². The number of hydrogen-bond donors (Lipinski definition) is 0. The lowest BCUT2D eigenvalue weighted by Crippen LogP contribution is -1.90. The molecule has 0 saturated heterocycles. The molecule has 108 valence electrons. The zero-order valence-electron chi connectivity index (χ0n) is 12.3. The number of aliphatic imine (C=N–C) groups is 2. The zero-order valence-corrected chi connectivity index (χ0v) is 13.1. The fourth-order valence-electron chi connectivity index (χ4n) is 1.48. The van der Waals surface area contributed by atoms with Gasteiger partial charge in [0, 0.05) is 23.9 Å². The molecule has 1 heterocycles. The highest BCUT2D eigenvalue weighted by Crippen LogP contribution is 2.14. The van der Waals surface area contributed by atoms with E-state index in [1.165, 1.54) is 0 Å². The molecule has 0 aliphatic rings. The standard InChI is InChI=1S/C16H17ClN4/c1-4-19-16(17)21-15-8-7-14(20-11-15)9-12(2)5-6-13(3)10-18/h4-8,11H,9H2,1-3H3/b12-5-,13-6+,19-4-,21-16-. The molecule has 0 aliphatic heterocycles. The number of halogens is 1. The second-order valence-corrected chi connectivity index (χ2v) is 4.77. The minimum absolute atomic E-state index is 0.181. The van der Waals surface area contributed by atoms with E-state index in [-0.39, 0.29) is 5.29 Å². The van der Waals surface area contributed by atoms with Crippen LogP contribution in [0.1, 0.15) is 26.5 Å². The Labute approximate surface area is 130 Å². The van der Waals surface area contributed by atoms with Crippen LogP contribution in [0.15, 0.2) is 51.6 Å². The van der Waals surface area contributed by atoms with Crippen LogP contribution < -0.4 is 0 Å². The number of pyridine rings is 1. The highest BCUT2D eigenvalue weighted by atomic mass is 35.5. The summed E-state index contributed by atoms with van der Waals surface area (Å²) in [4.78, 5) is 12.3. The van der Waals surface area contributed by atoms with Crippen LogP contribution in [0.4, 0.5) is 5.69 Å². The van der Waals surface area contributed by atoms with Crippen LogP contribution in [-0.2, 0) is 6.42 Å². The van der Waals surface area contributed by atoms with E-state index >= 15 is 0 Å². The SMILES string of the molecule is C/C=N\C(Cl)=N/c1ccc(C/C(C)=C\C=C(/C)C#N)nc1. The monoisotopic (exact) mass is 300 g/mol. The highest BCUT2D eigenvalue weighted by Gasteiger charge is 1.98. The maximum Gasteiger partial charge on any atom is 0.222 e. The fraction of sp³-hybridized carbons (Fsp3) is 0.250. The molecule has 0 N–H and O–H groups in total. The highest BCUT2D eigenvalue weighted by molar-refractivity contribution is 6.65. The van der Waals surface area contributed by atoms with Crippen LogP contribution in [0.25, 0.3) is 0 Å². The smallest absolute Gasteiger partial charge is 0.222 e. The van der Waals surface area contributed by atoms with E-state index in [0.29, 0.717) is 11.3 Å². The van der Waals surface area contributed by atoms with Gasteiger partial charge >= 0.3 is 0 Å². The number of nitriles is 1. The first-order valence-electron chi connectivity index (χ1n) is 6.47. The molecule has 1 aromatic heterocycles. The van der Waals surface area contributed by atoms with Crippen molar-refractivity contribution in [2.45, 2.75) is 27.2 Å². The van der Waals surface area contributed by atoms with Gasteiger partial charge in [-0.15, -0.1) is 0 Å². The van der Waals surface area contributed by atoms with Crippen molar-refractivity contribution in [2.24, 2.45) is 9.98 Å². The molecule has 21 heavy (non-hydrogen) atoms. The summed E-state index contributed by atoms with van der Waals surface area (Å²) in [6, 6.07) is 5.83. The van der Waals surface area contributed by atoms with Gasteiger partial charge in [0.25, 0.3) is 0 Å². The molecule has 0 fully saturated rings. The average Bonchev–Trinajstić information content (AvgIpc) is 2.47. The van der Waals surface area contributed by atoms with Gasteiger partial charge in [-0.3, -0.25) is 4.98 Å². The molecule has 0 aliphatic carbocycles. The Morgan fingerprint density at radius 1 is 1.38 bits per heavy atom. The summed E-state index contributed by atoms with van der Waals surface area (Å²) in [7, 11) is 0. The number of nitrogens with zero attached hydrogens (tertiary/aromatic N) is 4. The Bertz CT molecular complexity index is 631. The van der Waals surface area contributed by atoms with Crippen LogP contribution in [0.5, 0.6) is 0 Å². The Morgan fingerprint density at radius 2 is 2.14 bits per heavy atom. The van der Waals surface area contributed by atoms with E-state index in [9.17, 15) is 0 Å². The van der Waals surface area contributed by atoms with E-state index in [1.54, 1.807) is 32.3 Å². The quantitative estimate of drug-likeness (QED) is 0.273. The molecule has 0 aromatic carbocycles. The van der Waals surface area contributed by atoms with Crippen molar-refractivity contribution in [3.05, 3.63) is 47.3 Å². The molecule has 1 aromatic rings. The number of rotatable bonds is 4.